The van der Waals surface area contributed by atoms with Gasteiger partial charge in [-0.2, -0.15) is 0 Å². The van der Waals surface area contributed by atoms with E-state index in [0.717, 1.165) is 16.7 Å². The summed E-state index contributed by atoms with van der Waals surface area (Å²) in [7, 11) is 0. The lowest BCUT2D eigenvalue weighted by atomic mass is 9.86. The highest BCUT2D eigenvalue weighted by Gasteiger charge is 2.12. The molecule has 0 amide bonds. The molecule has 0 radical (unpaired) electrons. The van der Waals surface area contributed by atoms with E-state index in [1.54, 1.807) is 12.1 Å². The first-order valence-corrected chi connectivity index (χ1v) is 10.3. The highest BCUT2D eigenvalue weighted by atomic mass is 16.4. The van der Waals surface area contributed by atoms with Gasteiger partial charge in [-0.25, -0.2) is 4.79 Å². The van der Waals surface area contributed by atoms with Crippen molar-refractivity contribution in [2.24, 2.45) is 0 Å². The maximum absolute atomic E-state index is 11.0. The van der Waals surface area contributed by atoms with Gasteiger partial charge in [-0.3, -0.25) is 4.79 Å². The molecule has 0 bridgehead atoms. The van der Waals surface area contributed by atoms with Gasteiger partial charge in [0.2, 0.25) is 0 Å². The van der Waals surface area contributed by atoms with Crippen molar-refractivity contribution in [2.45, 2.75) is 45.4 Å². The van der Waals surface area contributed by atoms with Crippen LogP contribution in [0.5, 0.6) is 0 Å². The van der Waals surface area contributed by atoms with Gasteiger partial charge in [-0.05, 0) is 46.6 Å². The van der Waals surface area contributed by atoms with Crippen LogP contribution in [-0.4, -0.2) is 22.2 Å². The van der Waals surface area contributed by atoms with Gasteiger partial charge in [0.25, 0.3) is 0 Å². The zero-order chi connectivity index (χ0) is 22.9. The van der Waals surface area contributed by atoms with Gasteiger partial charge in [0, 0.05) is 6.42 Å². The van der Waals surface area contributed by atoms with Crippen LogP contribution >= 0.6 is 0 Å². The lowest BCUT2D eigenvalue weighted by molar-refractivity contribution is -0.136. The van der Waals surface area contributed by atoms with E-state index in [1.807, 2.05) is 54.6 Å². The van der Waals surface area contributed by atoms with Crippen molar-refractivity contribution >= 4 is 11.9 Å². The summed E-state index contributed by atoms with van der Waals surface area (Å²) in [5.41, 5.74) is 4.88. The minimum absolute atomic E-state index is 0.158. The number of hydrogen-bond donors (Lipinski definition) is 2. The van der Waals surface area contributed by atoms with Crippen LogP contribution in [0.15, 0.2) is 78.9 Å². The second-order valence-corrected chi connectivity index (χ2v) is 8.47. The van der Waals surface area contributed by atoms with Gasteiger partial charge in [-0.15, -0.1) is 0 Å². The van der Waals surface area contributed by atoms with E-state index in [9.17, 15) is 9.59 Å². The Morgan fingerprint density at radius 2 is 1.32 bits per heavy atom. The fourth-order valence-electron chi connectivity index (χ4n) is 3.12. The number of aromatic carboxylic acids is 1. The van der Waals surface area contributed by atoms with E-state index in [0.29, 0.717) is 18.4 Å². The Morgan fingerprint density at radius 1 is 0.742 bits per heavy atom. The van der Waals surface area contributed by atoms with E-state index >= 15 is 0 Å². The molecular formula is C27H30O4. The van der Waals surface area contributed by atoms with E-state index in [1.165, 1.54) is 5.56 Å². The first-order chi connectivity index (χ1) is 14.7. The van der Waals surface area contributed by atoms with Crippen LogP contribution in [-0.2, 0) is 23.1 Å². The smallest absolute Gasteiger partial charge is 0.335 e. The third-order valence-corrected chi connectivity index (χ3v) is 4.93. The molecule has 0 spiro atoms. The van der Waals surface area contributed by atoms with Crippen molar-refractivity contribution in [1.82, 2.24) is 0 Å². The fraction of sp³-hybridized carbons (Fsp3) is 0.259. The summed E-state index contributed by atoms with van der Waals surface area (Å²) in [6.45, 7) is 6.50. The molecule has 0 saturated carbocycles. The Morgan fingerprint density at radius 3 is 1.87 bits per heavy atom. The summed E-state index contributed by atoms with van der Waals surface area (Å²) in [6.07, 6.45) is 1.47. The van der Waals surface area contributed by atoms with Gasteiger partial charge in [0.05, 0.1) is 5.56 Å². The van der Waals surface area contributed by atoms with Crippen molar-refractivity contribution in [1.29, 1.82) is 0 Å². The topological polar surface area (TPSA) is 74.6 Å². The zero-order valence-electron chi connectivity index (χ0n) is 18.3. The number of carbonyl (C=O) groups is 2. The van der Waals surface area contributed by atoms with E-state index in [2.05, 4.69) is 32.9 Å². The quantitative estimate of drug-likeness (QED) is 0.517. The van der Waals surface area contributed by atoms with Gasteiger partial charge in [0.1, 0.15) is 0 Å². The number of aryl methyl sites for hydroxylation is 1. The van der Waals surface area contributed by atoms with Crippen LogP contribution in [0.25, 0.3) is 0 Å². The maximum Gasteiger partial charge on any atom is 0.335 e. The molecular weight excluding hydrogens is 388 g/mol. The van der Waals surface area contributed by atoms with Gasteiger partial charge in [-0.1, -0.05) is 93.6 Å². The molecule has 0 heterocycles. The van der Waals surface area contributed by atoms with Crippen LogP contribution in [0, 0.1) is 0 Å². The third kappa shape index (κ3) is 8.09. The number of carboxylic acids is 2. The van der Waals surface area contributed by atoms with Crippen molar-refractivity contribution in [3.63, 3.8) is 0 Å². The number of rotatable bonds is 6. The van der Waals surface area contributed by atoms with Crippen LogP contribution in [0.4, 0.5) is 0 Å². The molecule has 4 nitrogen and oxygen atoms in total. The fourth-order valence-corrected chi connectivity index (χ4v) is 3.12. The second kappa shape index (κ2) is 11.1. The zero-order valence-corrected chi connectivity index (χ0v) is 18.3. The molecule has 4 heteroatoms. The van der Waals surface area contributed by atoms with Gasteiger partial charge in [0.15, 0.2) is 0 Å². The highest BCUT2D eigenvalue weighted by molar-refractivity contribution is 5.89. The molecule has 0 aromatic heterocycles. The lowest BCUT2D eigenvalue weighted by Crippen LogP contribution is -2.10. The molecule has 162 valence electrons. The van der Waals surface area contributed by atoms with Crippen LogP contribution in [0.1, 0.15) is 59.8 Å². The number of benzene rings is 3. The molecule has 0 saturated heterocycles. The predicted octanol–water partition coefficient (Wildman–Crippen LogP) is 5.98. The van der Waals surface area contributed by atoms with Crippen molar-refractivity contribution in [3.05, 3.63) is 107 Å². The summed E-state index contributed by atoms with van der Waals surface area (Å²) in [5.74, 6) is -1.61. The Balaban J connectivity index is 0.000000221. The average Bonchev–Trinajstić information content (AvgIpc) is 2.73. The van der Waals surface area contributed by atoms with Crippen LogP contribution in [0.3, 0.4) is 0 Å². The third-order valence-electron chi connectivity index (χ3n) is 4.93. The summed E-state index contributed by atoms with van der Waals surface area (Å²) in [4.78, 5) is 21.4. The molecule has 0 fully saturated rings. The lowest BCUT2D eigenvalue weighted by Gasteiger charge is -2.19. The average molecular weight is 419 g/mol. The van der Waals surface area contributed by atoms with Crippen molar-refractivity contribution in [2.75, 3.05) is 0 Å². The summed E-state index contributed by atoms with van der Waals surface area (Å²) in [6, 6.07) is 25.2. The minimum atomic E-state index is -0.869. The Labute approximate surface area is 184 Å². The SMILES string of the molecule is CC(C)(C)c1ccc(CCC(=O)O)cc1.O=C(O)c1ccccc1Cc1ccccc1. The maximum atomic E-state index is 11.0. The molecule has 3 aromatic carbocycles. The number of carboxylic acid groups (broad SMARTS) is 2. The van der Waals surface area contributed by atoms with Gasteiger partial charge >= 0.3 is 11.9 Å². The van der Waals surface area contributed by atoms with Gasteiger partial charge < -0.3 is 10.2 Å². The monoisotopic (exact) mass is 418 g/mol. The Kier molecular flexibility index (Phi) is 8.56. The molecule has 2 N–H and O–H groups in total. The first-order valence-electron chi connectivity index (χ1n) is 10.3. The molecule has 0 aliphatic carbocycles. The number of aliphatic carboxylic acids is 1. The normalized spacial score (nSPS) is 10.7. The summed E-state index contributed by atoms with van der Waals surface area (Å²) in [5, 5.41) is 17.6. The van der Waals surface area contributed by atoms with E-state index < -0.39 is 11.9 Å². The van der Waals surface area contributed by atoms with Crippen LogP contribution in [0.2, 0.25) is 0 Å². The largest absolute Gasteiger partial charge is 0.481 e. The second-order valence-electron chi connectivity index (χ2n) is 8.47. The van der Waals surface area contributed by atoms with E-state index in [-0.39, 0.29) is 11.8 Å². The van der Waals surface area contributed by atoms with E-state index in [4.69, 9.17) is 10.2 Å². The van der Waals surface area contributed by atoms with Crippen molar-refractivity contribution < 1.29 is 19.8 Å². The summed E-state index contributed by atoms with van der Waals surface area (Å²) >= 11 is 0. The molecule has 31 heavy (non-hydrogen) atoms. The molecule has 0 aliphatic heterocycles. The first kappa shape index (κ1) is 23.9. The van der Waals surface area contributed by atoms with Crippen LogP contribution < -0.4 is 0 Å². The highest BCUT2D eigenvalue weighted by Crippen LogP contribution is 2.22. The number of hydrogen-bond acceptors (Lipinski definition) is 2. The molecule has 3 aromatic rings. The molecule has 3 rings (SSSR count). The summed E-state index contributed by atoms with van der Waals surface area (Å²) < 4.78 is 0. The minimum Gasteiger partial charge on any atom is -0.481 e. The molecule has 0 aliphatic rings. The van der Waals surface area contributed by atoms with Crippen molar-refractivity contribution in [3.8, 4) is 0 Å². The molecule has 0 atom stereocenters. The predicted molar refractivity (Wildman–Crippen MR) is 124 cm³/mol. The molecule has 0 unspecified atom stereocenters. The Bertz CT molecular complexity index is 984. The standard InChI is InChI=1S/C14H12O2.C13H18O2/c15-14(16)13-9-5-4-8-12(13)10-11-6-2-1-3-7-11;1-13(2,3)11-7-4-10(5-8-11)6-9-12(14)15/h1-9H,10H2,(H,15,16);4-5,7-8H,6,9H2,1-3H3,(H,14,15). The Hall–Kier alpha value is -3.40.